The van der Waals surface area contributed by atoms with Crippen LogP contribution < -0.4 is 5.32 Å². The third-order valence-electron chi connectivity index (χ3n) is 3.23. The average molecular weight is 168 g/mol. The summed E-state index contributed by atoms with van der Waals surface area (Å²) in [5.41, 5.74) is 0.414. The summed E-state index contributed by atoms with van der Waals surface area (Å²) in [5, 5.41) is 3.60. The SMILES string of the molecule is CN(CC1(C)CCCN1)C1CC1. The second kappa shape index (κ2) is 3.00. The van der Waals surface area contributed by atoms with Gasteiger partial charge >= 0.3 is 0 Å². The largest absolute Gasteiger partial charge is 0.310 e. The monoisotopic (exact) mass is 168 g/mol. The molecule has 2 heteroatoms. The van der Waals surface area contributed by atoms with Crippen LogP contribution in [0.1, 0.15) is 32.6 Å². The summed E-state index contributed by atoms with van der Waals surface area (Å²) in [6.07, 6.45) is 5.55. The molecule has 0 spiro atoms. The molecule has 0 radical (unpaired) electrons. The van der Waals surface area contributed by atoms with Crippen LogP contribution in [0.15, 0.2) is 0 Å². The number of nitrogens with zero attached hydrogens (tertiary/aromatic N) is 1. The van der Waals surface area contributed by atoms with Crippen molar-refractivity contribution in [2.75, 3.05) is 20.1 Å². The van der Waals surface area contributed by atoms with Crippen molar-refractivity contribution in [2.24, 2.45) is 0 Å². The molecule has 2 fully saturated rings. The number of hydrogen-bond acceptors (Lipinski definition) is 2. The van der Waals surface area contributed by atoms with Crippen LogP contribution >= 0.6 is 0 Å². The van der Waals surface area contributed by atoms with Crippen LogP contribution in [0.5, 0.6) is 0 Å². The van der Waals surface area contributed by atoms with Gasteiger partial charge in [0.1, 0.15) is 0 Å². The van der Waals surface area contributed by atoms with Crippen LogP contribution in [0.3, 0.4) is 0 Å². The van der Waals surface area contributed by atoms with Gasteiger partial charge in [-0.3, -0.25) is 0 Å². The van der Waals surface area contributed by atoms with E-state index in [0.29, 0.717) is 5.54 Å². The molecule has 2 nitrogen and oxygen atoms in total. The smallest absolute Gasteiger partial charge is 0.0280 e. The van der Waals surface area contributed by atoms with Gasteiger partial charge in [-0.25, -0.2) is 0 Å². The molecular formula is C10H20N2. The highest BCUT2D eigenvalue weighted by atomic mass is 15.2. The van der Waals surface area contributed by atoms with E-state index < -0.39 is 0 Å². The van der Waals surface area contributed by atoms with E-state index in [-0.39, 0.29) is 0 Å². The molecule has 1 aliphatic heterocycles. The summed E-state index contributed by atoms with van der Waals surface area (Å²) in [7, 11) is 2.27. The molecule has 2 aliphatic rings. The lowest BCUT2D eigenvalue weighted by Gasteiger charge is -2.30. The summed E-state index contributed by atoms with van der Waals surface area (Å²) >= 11 is 0. The Morgan fingerprint density at radius 1 is 1.50 bits per heavy atom. The molecule has 0 aromatic heterocycles. The van der Waals surface area contributed by atoms with Gasteiger partial charge in [-0.1, -0.05) is 0 Å². The normalized spacial score (nSPS) is 36.2. The van der Waals surface area contributed by atoms with Crippen LogP contribution in [0.25, 0.3) is 0 Å². The molecule has 1 saturated carbocycles. The lowest BCUT2D eigenvalue weighted by atomic mass is 10.00. The summed E-state index contributed by atoms with van der Waals surface area (Å²) in [5.74, 6) is 0. The maximum absolute atomic E-state index is 3.60. The zero-order chi connectivity index (χ0) is 8.60. The van der Waals surface area contributed by atoms with Crippen molar-refractivity contribution in [2.45, 2.75) is 44.2 Å². The van der Waals surface area contributed by atoms with Gasteiger partial charge in [0.2, 0.25) is 0 Å². The zero-order valence-corrected chi connectivity index (χ0v) is 8.27. The molecule has 1 saturated heterocycles. The molecule has 2 rings (SSSR count). The van der Waals surface area contributed by atoms with Gasteiger partial charge in [0.05, 0.1) is 0 Å². The van der Waals surface area contributed by atoms with Crippen molar-refractivity contribution in [3.63, 3.8) is 0 Å². The fraction of sp³-hybridized carbons (Fsp3) is 1.00. The molecule has 70 valence electrons. The van der Waals surface area contributed by atoms with Crippen LogP contribution in [-0.4, -0.2) is 36.6 Å². The first-order valence-electron chi connectivity index (χ1n) is 5.15. The third-order valence-corrected chi connectivity index (χ3v) is 3.23. The highest BCUT2D eigenvalue weighted by Gasteiger charge is 2.34. The van der Waals surface area contributed by atoms with E-state index in [9.17, 15) is 0 Å². The molecule has 1 N–H and O–H groups in total. The number of hydrogen-bond donors (Lipinski definition) is 1. The van der Waals surface area contributed by atoms with E-state index in [2.05, 4.69) is 24.2 Å². The molecule has 0 aromatic rings. The van der Waals surface area contributed by atoms with E-state index in [0.717, 1.165) is 6.04 Å². The van der Waals surface area contributed by atoms with E-state index in [1.54, 1.807) is 0 Å². The first kappa shape index (κ1) is 8.52. The fourth-order valence-electron chi connectivity index (χ4n) is 2.29. The maximum atomic E-state index is 3.60. The molecule has 12 heavy (non-hydrogen) atoms. The quantitative estimate of drug-likeness (QED) is 0.681. The van der Waals surface area contributed by atoms with Gasteiger partial charge in [-0.2, -0.15) is 0 Å². The second-order valence-electron chi connectivity index (χ2n) is 4.74. The molecule has 1 atom stereocenters. The lowest BCUT2D eigenvalue weighted by molar-refractivity contribution is 0.232. The Morgan fingerprint density at radius 3 is 2.75 bits per heavy atom. The van der Waals surface area contributed by atoms with E-state index >= 15 is 0 Å². The number of nitrogens with one attached hydrogen (secondary N) is 1. The van der Waals surface area contributed by atoms with Gasteiger partial charge in [0, 0.05) is 18.1 Å². The second-order valence-corrected chi connectivity index (χ2v) is 4.74. The van der Waals surface area contributed by atoms with Crippen LogP contribution in [0.2, 0.25) is 0 Å². The molecule has 0 amide bonds. The standard InChI is InChI=1S/C10H20N2/c1-10(6-3-7-11-10)8-12(2)9-4-5-9/h9,11H,3-8H2,1-2H3. The Bertz CT molecular complexity index is 157. The van der Waals surface area contributed by atoms with Gasteiger partial charge in [-0.15, -0.1) is 0 Å². The summed E-state index contributed by atoms with van der Waals surface area (Å²) in [4.78, 5) is 2.53. The third kappa shape index (κ3) is 1.80. The summed E-state index contributed by atoms with van der Waals surface area (Å²) in [6.45, 7) is 4.81. The van der Waals surface area contributed by atoms with Crippen molar-refractivity contribution in [3.05, 3.63) is 0 Å². The van der Waals surface area contributed by atoms with E-state index in [1.807, 2.05) is 0 Å². The highest BCUT2D eigenvalue weighted by molar-refractivity contribution is 4.94. The molecule has 0 bridgehead atoms. The molecular weight excluding hydrogens is 148 g/mol. The molecule has 1 heterocycles. The van der Waals surface area contributed by atoms with Crippen molar-refractivity contribution in [1.82, 2.24) is 10.2 Å². The number of rotatable bonds is 3. The molecule has 0 aromatic carbocycles. The topological polar surface area (TPSA) is 15.3 Å². The first-order chi connectivity index (χ1) is 5.70. The van der Waals surface area contributed by atoms with Gasteiger partial charge in [-0.05, 0) is 46.2 Å². The number of likely N-dealkylation sites (N-methyl/N-ethyl adjacent to an activating group) is 1. The predicted molar refractivity (Wildman–Crippen MR) is 51.3 cm³/mol. The highest BCUT2D eigenvalue weighted by Crippen LogP contribution is 2.28. The Labute approximate surface area is 75.3 Å². The summed E-state index contributed by atoms with van der Waals surface area (Å²) in [6, 6.07) is 0.907. The van der Waals surface area contributed by atoms with Gasteiger partial charge in [0.25, 0.3) is 0 Å². The van der Waals surface area contributed by atoms with Crippen molar-refractivity contribution in [3.8, 4) is 0 Å². The minimum Gasteiger partial charge on any atom is -0.310 e. The predicted octanol–water partition coefficient (Wildman–Crippen LogP) is 1.22. The van der Waals surface area contributed by atoms with Crippen LogP contribution in [0, 0.1) is 0 Å². The van der Waals surface area contributed by atoms with Gasteiger partial charge < -0.3 is 10.2 Å². The van der Waals surface area contributed by atoms with Crippen molar-refractivity contribution in [1.29, 1.82) is 0 Å². The first-order valence-corrected chi connectivity index (χ1v) is 5.15. The van der Waals surface area contributed by atoms with Crippen LogP contribution in [0.4, 0.5) is 0 Å². The molecule has 1 unspecified atom stereocenters. The zero-order valence-electron chi connectivity index (χ0n) is 8.27. The Hall–Kier alpha value is -0.0800. The Kier molecular flexibility index (Phi) is 2.13. The Morgan fingerprint density at radius 2 is 2.25 bits per heavy atom. The van der Waals surface area contributed by atoms with Crippen LogP contribution in [-0.2, 0) is 0 Å². The van der Waals surface area contributed by atoms with Gasteiger partial charge in [0.15, 0.2) is 0 Å². The van der Waals surface area contributed by atoms with Crippen molar-refractivity contribution >= 4 is 0 Å². The lowest BCUT2D eigenvalue weighted by Crippen LogP contribution is -2.46. The minimum absolute atomic E-state index is 0.414. The van der Waals surface area contributed by atoms with E-state index in [4.69, 9.17) is 0 Å². The van der Waals surface area contributed by atoms with E-state index in [1.165, 1.54) is 38.8 Å². The summed E-state index contributed by atoms with van der Waals surface area (Å²) < 4.78 is 0. The maximum Gasteiger partial charge on any atom is 0.0280 e. The fourth-order valence-corrected chi connectivity index (χ4v) is 2.29. The average Bonchev–Trinajstić information content (AvgIpc) is 2.77. The minimum atomic E-state index is 0.414. The van der Waals surface area contributed by atoms with Crippen molar-refractivity contribution < 1.29 is 0 Å². The molecule has 1 aliphatic carbocycles. The Balaban J connectivity index is 1.83.